The van der Waals surface area contributed by atoms with E-state index in [1.54, 1.807) is 19.5 Å². The number of nitrogens with zero attached hydrogens (tertiary/aromatic N) is 2. The van der Waals surface area contributed by atoms with Gasteiger partial charge < -0.3 is 14.8 Å². The lowest BCUT2D eigenvalue weighted by Gasteiger charge is -2.22. The van der Waals surface area contributed by atoms with E-state index in [9.17, 15) is 14.9 Å². The molecular weight excluding hydrogens is 474 g/mol. The standard InChI is InChI=1S/C28H29N3O4S/c1-18(20-6-3-7-22(12-20)34-2)11-21(32)13-26-25(15-29)24-9-8-23(14-27(24)36-26)35-28(33)31-17-19-5-4-10-30-16-19/h3-7,10,12,16,18,23H,8-9,11,13-14,17H2,1-2H3,(H,31,33). The number of thiophene rings is 1. The van der Waals surface area contributed by atoms with Crippen LogP contribution in [-0.4, -0.2) is 30.1 Å². The summed E-state index contributed by atoms with van der Waals surface area (Å²) in [6, 6.07) is 13.8. The van der Waals surface area contributed by atoms with Gasteiger partial charge in [-0.05, 0) is 53.6 Å². The lowest BCUT2D eigenvalue weighted by atomic mass is 9.91. The van der Waals surface area contributed by atoms with Crippen LogP contribution < -0.4 is 10.1 Å². The first-order valence-corrected chi connectivity index (χ1v) is 12.8. The molecule has 1 N–H and O–H groups in total. The number of carbonyl (C=O) groups is 2. The molecule has 2 heterocycles. The molecule has 4 rings (SSSR count). The number of ketones is 1. The van der Waals surface area contributed by atoms with Gasteiger partial charge in [0.15, 0.2) is 0 Å². The Morgan fingerprint density at radius 2 is 2.17 bits per heavy atom. The quantitative estimate of drug-likeness (QED) is 0.435. The molecule has 7 nitrogen and oxygen atoms in total. The number of rotatable bonds is 9. The van der Waals surface area contributed by atoms with Crippen molar-refractivity contribution in [3.8, 4) is 11.8 Å². The average Bonchev–Trinajstić information content (AvgIpc) is 3.23. The van der Waals surface area contributed by atoms with E-state index in [0.717, 1.165) is 32.2 Å². The smallest absolute Gasteiger partial charge is 0.407 e. The largest absolute Gasteiger partial charge is 0.497 e. The van der Waals surface area contributed by atoms with Crippen LogP contribution in [0.1, 0.15) is 57.7 Å². The number of nitrogens with one attached hydrogen (secondary N) is 1. The van der Waals surface area contributed by atoms with Gasteiger partial charge in [0.2, 0.25) is 0 Å². The number of benzene rings is 1. The summed E-state index contributed by atoms with van der Waals surface area (Å²) in [5.41, 5.74) is 3.57. The average molecular weight is 504 g/mol. The summed E-state index contributed by atoms with van der Waals surface area (Å²) >= 11 is 1.50. The maximum absolute atomic E-state index is 12.9. The second-order valence-electron chi connectivity index (χ2n) is 9.00. The summed E-state index contributed by atoms with van der Waals surface area (Å²) in [6.07, 6.45) is 5.16. The third kappa shape index (κ3) is 6.29. The number of nitriles is 1. The first-order chi connectivity index (χ1) is 17.5. The van der Waals surface area contributed by atoms with Crippen LogP contribution in [0.5, 0.6) is 5.75 Å². The minimum Gasteiger partial charge on any atom is -0.497 e. The Hall–Kier alpha value is -3.70. The van der Waals surface area contributed by atoms with Crippen molar-refractivity contribution in [2.24, 2.45) is 0 Å². The molecule has 0 saturated heterocycles. The maximum Gasteiger partial charge on any atom is 0.407 e. The van der Waals surface area contributed by atoms with E-state index in [-0.39, 0.29) is 24.2 Å². The van der Waals surface area contributed by atoms with E-state index in [2.05, 4.69) is 16.4 Å². The van der Waals surface area contributed by atoms with Crippen LogP contribution in [0, 0.1) is 11.3 Å². The fourth-order valence-electron chi connectivity index (χ4n) is 4.50. The molecule has 0 aliphatic heterocycles. The molecule has 8 heteroatoms. The minimum atomic E-state index is -0.466. The second kappa shape index (κ2) is 11.8. The van der Waals surface area contributed by atoms with Gasteiger partial charge in [-0.25, -0.2) is 4.79 Å². The number of aromatic nitrogens is 1. The number of Topliss-reactive ketones (excluding diaryl/α,β-unsaturated/α-hetero) is 1. The lowest BCUT2D eigenvalue weighted by molar-refractivity contribution is -0.118. The lowest BCUT2D eigenvalue weighted by Crippen LogP contribution is -2.31. The highest BCUT2D eigenvalue weighted by Gasteiger charge is 2.28. The van der Waals surface area contributed by atoms with Crippen molar-refractivity contribution < 1.29 is 19.1 Å². The van der Waals surface area contributed by atoms with Crippen LogP contribution in [0.4, 0.5) is 4.79 Å². The van der Waals surface area contributed by atoms with Crippen molar-refractivity contribution in [2.45, 2.75) is 57.6 Å². The second-order valence-corrected chi connectivity index (χ2v) is 10.2. The monoisotopic (exact) mass is 503 g/mol. The number of hydrogen-bond donors (Lipinski definition) is 1. The Morgan fingerprint density at radius 3 is 2.92 bits per heavy atom. The maximum atomic E-state index is 12.9. The van der Waals surface area contributed by atoms with Crippen LogP contribution in [0.25, 0.3) is 0 Å². The van der Waals surface area contributed by atoms with Gasteiger partial charge >= 0.3 is 6.09 Å². The molecule has 0 spiro atoms. The highest BCUT2D eigenvalue weighted by molar-refractivity contribution is 7.12. The first-order valence-electron chi connectivity index (χ1n) is 12.0. The van der Waals surface area contributed by atoms with E-state index in [1.807, 2.05) is 43.3 Å². The van der Waals surface area contributed by atoms with E-state index < -0.39 is 6.09 Å². The Kier molecular flexibility index (Phi) is 8.34. The zero-order valence-corrected chi connectivity index (χ0v) is 21.3. The van der Waals surface area contributed by atoms with Crippen molar-refractivity contribution >= 4 is 23.2 Å². The molecule has 36 heavy (non-hydrogen) atoms. The predicted octanol–water partition coefficient (Wildman–Crippen LogP) is 5.11. The molecule has 186 valence electrons. The van der Waals surface area contributed by atoms with E-state index in [1.165, 1.54) is 11.3 Å². The number of amides is 1. The summed E-state index contributed by atoms with van der Waals surface area (Å²) in [5, 5.41) is 12.6. The van der Waals surface area contributed by atoms with Crippen LogP contribution in [0.3, 0.4) is 0 Å². The summed E-state index contributed by atoms with van der Waals surface area (Å²) in [5.74, 6) is 0.922. The number of hydrogen-bond acceptors (Lipinski definition) is 7. The molecule has 0 saturated carbocycles. The molecule has 2 atom stereocenters. The Balaban J connectivity index is 1.35. The zero-order chi connectivity index (χ0) is 25.5. The van der Waals surface area contributed by atoms with Crippen molar-refractivity contribution in [3.05, 3.63) is 80.8 Å². The van der Waals surface area contributed by atoms with Crippen molar-refractivity contribution in [2.75, 3.05) is 7.11 Å². The fourth-order valence-corrected chi connectivity index (χ4v) is 5.89. The molecular formula is C28H29N3O4S. The molecule has 2 unspecified atom stereocenters. The van der Waals surface area contributed by atoms with Crippen molar-refractivity contribution in [3.63, 3.8) is 0 Å². The number of carbonyl (C=O) groups excluding carboxylic acids is 2. The number of ether oxygens (including phenoxy) is 2. The fraction of sp³-hybridized carbons (Fsp3) is 0.357. The summed E-state index contributed by atoms with van der Waals surface area (Å²) in [4.78, 5) is 31.1. The van der Waals surface area contributed by atoms with E-state index >= 15 is 0 Å². The van der Waals surface area contributed by atoms with Crippen LogP contribution >= 0.6 is 11.3 Å². The summed E-state index contributed by atoms with van der Waals surface area (Å²) in [6.45, 7) is 2.38. The molecule has 3 aromatic rings. The Morgan fingerprint density at radius 1 is 1.31 bits per heavy atom. The van der Waals surface area contributed by atoms with Gasteiger partial charge in [-0.15, -0.1) is 11.3 Å². The van der Waals surface area contributed by atoms with Gasteiger partial charge in [-0.3, -0.25) is 9.78 Å². The predicted molar refractivity (Wildman–Crippen MR) is 137 cm³/mol. The molecule has 1 amide bonds. The number of alkyl carbamates (subject to hydrolysis) is 1. The highest BCUT2D eigenvalue weighted by Crippen LogP contribution is 2.36. The minimum absolute atomic E-state index is 0.0516. The molecule has 1 aromatic carbocycles. The molecule has 1 aliphatic carbocycles. The number of methoxy groups -OCH3 is 1. The topological polar surface area (TPSA) is 101 Å². The third-order valence-electron chi connectivity index (χ3n) is 6.39. The SMILES string of the molecule is COc1cccc(C(C)CC(=O)Cc2sc3c(c2C#N)CCC(OC(=O)NCc2cccnc2)C3)c1. The van der Waals surface area contributed by atoms with Crippen LogP contribution in [-0.2, 0) is 35.3 Å². The van der Waals surface area contributed by atoms with E-state index in [4.69, 9.17) is 9.47 Å². The van der Waals surface area contributed by atoms with Gasteiger partial charge in [-0.1, -0.05) is 25.1 Å². The van der Waals surface area contributed by atoms with E-state index in [0.29, 0.717) is 37.8 Å². The third-order valence-corrected chi connectivity index (χ3v) is 7.65. The van der Waals surface area contributed by atoms with Gasteiger partial charge in [-0.2, -0.15) is 5.26 Å². The van der Waals surface area contributed by atoms with Gasteiger partial charge in [0.1, 0.15) is 23.7 Å². The summed E-state index contributed by atoms with van der Waals surface area (Å²) in [7, 11) is 1.63. The van der Waals surface area contributed by atoms with Gasteiger partial charge in [0, 0.05) is 48.0 Å². The normalized spacial score (nSPS) is 15.3. The van der Waals surface area contributed by atoms with Crippen molar-refractivity contribution in [1.29, 1.82) is 5.26 Å². The molecule has 0 bridgehead atoms. The Bertz CT molecular complexity index is 1270. The first kappa shape index (κ1) is 25.4. The Labute approximate surface area is 215 Å². The molecule has 0 radical (unpaired) electrons. The zero-order valence-electron chi connectivity index (χ0n) is 20.5. The van der Waals surface area contributed by atoms with Gasteiger partial charge in [0.05, 0.1) is 12.7 Å². The van der Waals surface area contributed by atoms with Crippen molar-refractivity contribution in [1.82, 2.24) is 10.3 Å². The molecule has 0 fully saturated rings. The molecule has 1 aliphatic rings. The van der Waals surface area contributed by atoms with Crippen LogP contribution in [0.15, 0.2) is 48.8 Å². The summed E-state index contributed by atoms with van der Waals surface area (Å²) < 4.78 is 10.9. The van der Waals surface area contributed by atoms with Crippen LogP contribution in [0.2, 0.25) is 0 Å². The number of fused-ring (bicyclic) bond motifs is 1. The highest BCUT2D eigenvalue weighted by atomic mass is 32.1. The van der Waals surface area contributed by atoms with Gasteiger partial charge in [0.25, 0.3) is 0 Å². The number of pyridine rings is 1. The molecule has 2 aromatic heterocycles.